The van der Waals surface area contributed by atoms with Crippen LogP contribution in [-0.2, 0) is 14.4 Å². The molecule has 0 aromatic heterocycles. The molecular formula is C9H10N2O3. The van der Waals surface area contributed by atoms with Crippen LogP contribution in [0.15, 0.2) is 30.3 Å². The predicted octanol–water partition coefficient (Wildman–Crippen LogP) is 0.432. The summed E-state index contributed by atoms with van der Waals surface area (Å²) in [6.07, 6.45) is -0.384. The van der Waals surface area contributed by atoms with E-state index in [9.17, 15) is 9.59 Å². The van der Waals surface area contributed by atoms with Crippen molar-refractivity contribution in [3.8, 4) is 0 Å². The summed E-state index contributed by atoms with van der Waals surface area (Å²) >= 11 is 0. The molecule has 5 heteroatoms. The Balaban J connectivity index is 2.46. The molecule has 0 aliphatic rings. The van der Waals surface area contributed by atoms with Crippen molar-refractivity contribution in [3.05, 3.63) is 30.3 Å². The number of para-hydroxylation sites is 1. The van der Waals surface area contributed by atoms with E-state index < -0.39 is 11.9 Å². The van der Waals surface area contributed by atoms with Gasteiger partial charge in [-0.15, -0.1) is 0 Å². The molecule has 0 fully saturated rings. The van der Waals surface area contributed by atoms with E-state index in [0.29, 0.717) is 5.69 Å². The van der Waals surface area contributed by atoms with E-state index in [-0.39, 0.29) is 6.42 Å². The van der Waals surface area contributed by atoms with E-state index in [0.717, 1.165) is 0 Å². The van der Waals surface area contributed by atoms with Crippen LogP contribution in [0.1, 0.15) is 6.42 Å². The van der Waals surface area contributed by atoms with Gasteiger partial charge in [0.2, 0.25) is 5.91 Å². The van der Waals surface area contributed by atoms with Gasteiger partial charge in [0.15, 0.2) is 0 Å². The highest BCUT2D eigenvalue weighted by molar-refractivity contribution is 6.01. The van der Waals surface area contributed by atoms with Gasteiger partial charge < -0.3 is 10.2 Å². The van der Waals surface area contributed by atoms with Crippen LogP contribution < -0.4 is 11.2 Å². The van der Waals surface area contributed by atoms with Gasteiger partial charge in [-0.3, -0.25) is 4.79 Å². The Labute approximate surface area is 80.8 Å². The van der Waals surface area contributed by atoms with Gasteiger partial charge >= 0.3 is 5.97 Å². The maximum atomic E-state index is 11.1. The lowest BCUT2D eigenvalue weighted by Crippen LogP contribution is -2.20. The molecule has 0 radical (unpaired) electrons. The van der Waals surface area contributed by atoms with Crippen LogP contribution in [-0.4, -0.2) is 11.9 Å². The van der Waals surface area contributed by atoms with Crippen molar-refractivity contribution < 1.29 is 14.4 Å². The van der Waals surface area contributed by atoms with Crippen molar-refractivity contribution in [2.24, 2.45) is 5.90 Å². The maximum Gasteiger partial charge on any atom is 0.333 e. The summed E-state index contributed by atoms with van der Waals surface area (Å²) in [5.74, 6) is 3.37. The quantitative estimate of drug-likeness (QED) is 0.540. The first-order valence-corrected chi connectivity index (χ1v) is 3.97. The van der Waals surface area contributed by atoms with Gasteiger partial charge in [-0.2, -0.15) is 5.90 Å². The number of nitrogens with two attached hydrogens (primary N) is 1. The van der Waals surface area contributed by atoms with Crippen molar-refractivity contribution in [2.75, 3.05) is 5.32 Å². The fourth-order valence-corrected chi connectivity index (χ4v) is 0.899. The van der Waals surface area contributed by atoms with Gasteiger partial charge in [-0.25, -0.2) is 4.79 Å². The van der Waals surface area contributed by atoms with Crippen molar-refractivity contribution in [2.45, 2.75) is 6.42 Å². The monoisotopic (exact) mass is 194 g/mol. The van der Waals surface area contributed by atoms with Crippen molar-refractivity contribution >= 4 is 17.6 Å². The van der Waals surface area contributed by atoms with Crippen LogP contribution >= 0.6 is 0 Å². The minimum atomic E-state index is -0.765. The van der Waals surface area contributed by atoms with Crippen molar-refractivity contribution in [3.63, 3.8) is 0 Å². The molecule has 0 saturated heterocycles. The van der Waals surface area contributed by atoms with Crippen LogP contribution in [0.5, 0.6) is 0 Å². The summed E-state index contributed by atoms with van der Waals surface area (Å²) in [4.78, 5) is 25.6. The number of nitrogens with one attached hydrogen (secondary N) is 1. The van der Waals surface area contributed by atoms with Gasteiger partial charge in [0.1, 0.15) is 6.42 Å². The summed E-state index contributed by atoms with van der Waals surface area (Å²) in [7, 11) is 0. The molecule has 0 aliphatic heterocycles. The second kappa shape index (κ2) is 4.98. The SMILES string of the molecule is NOC(=O)CC(=O)Nc1ccccc1. The Kier molecular flexibility index (Phi) is 3.63. The van der Waals surface area contributed by atoms with Crippen LogP contribution in [0.2, 0.25) is 0 Å². The molecule has 0 atom stereocenters. The van der Waals surface area contributed by atoms with E-state index in [1.165, 1.54) is 0 Å². The molecule has 1 aromatic carbocycles. The number of carbonyl (C=O) groups is 2. The van der Waals surface area contributed by atoms with Gasteiger partial charge in [0.25, 0.3) is 0 Å². The summed E-state index contributed by atoms with van der Waals surface area (Å²) in [6.45, 7) is 0. The van der Waals surface area contributed by atoms with Gasteiger partial charge in [-0.1, -0.05) is 18.2 Å². The average molecular weight is 194 g/mol. The lowest BCUT2D eigenvalue weighted by Gasteiger charge is -2.02. The lowest BCUT2D eigenvalue weighted by atomic mass is 10.3. The first-order valence-electron chi connectivity index (χ1n) is 3.97. The fraction of sp³-hybridized carbons (Fsp3) is 0.111. The molecule has 3 N–H and O–H groups in total. The zero-order valence-corrected chi connectivity index (χ0v) is 7.40. The Hall–Kier alpha value is -1.88. The van der Waals surface area contributed by atoms with Crippen LogP contribution in [0.4, 0.5) is 5.69 Å². The van der Waals surface area contributed by atoms with E-state index in [1.807, 2.05) is 6.07 Å². The minimum Gasteiger partial charge on any atom is -0.373 e. The smallest absolute Gasteiger partial charge is 0.333 e. The molecule has 74 valence electrons. The van der Waals surface area contributed by atoms with Crippen molar-refractivity contribution in [1.82, 2.24) is 0 Å². The van der Waals surface area contributed by atoms with Gasteiger partial charge in [-0.05, 0) is 12.1 Å². The largest absolute Gasteiger partial charge is 0.373 e. The Morgan fingerprint density at radius 3 is 2.50 bits per heavy atom. The van der Waals surface area contributed by atoms with Crippen LogP contribution in [0.3, 0.4) is 0 Å². The molecule has 0 spiro atoms. The Bertz CT molecular complexity index is 324. The second-order valence-corrected chi connectivity index (χ2v) is 2.58. The maximum absolute atomic E-state index is 11.1. The van der Waals surface area contributed by atoms with E-state index in [4.69, 9.17) is 0 Å². The number of amides is 1. The van der Waals surface area contributed by atoms with Gasteiger partial charge in [0, 0.05) is 5.69 Å². The molecule has 0 saturated carbocycles. The third-order valence-corrected chi connectivity index (χ3v) is 1.49. The predicted molar refractivity (Wildman–Crippen MR) is 50.0 cm³/mol. The summed E-state index contributed by atoms with van der Waals surface area (Å²) in [6, 6.07) is 8.80. The molecule has 14 heavy (non-hydrogen) atoms. The average Bonchev–Trinajstić information content (AvgIpc) is 2.19. The number of hydrogen-bond acceptors (Lipinski definition) is 4. The molecule has 1 rings (SSSR count). The number of carbonyl (C=O) groups excluding carboxylic acids is 2. The Morgan fingerprint density at radius 2 is 1.93 bits per heavy atom. The van der Waals surface area contributed by atoms with Gasteiger partial charge in [0.05, 0.1) is 0 Å². The first kappa shape index (κ1) is 10.2. The first-order chi connectivity index (χ1) is 6.72. The fourth-order valence-electron chi connectivity index (χ4n) is 0.899. The molecule has 5 nitrogen and oxygen atoms in total. The molecule has 0 bridgehead atoms. The molecule has 0 unspecified atom stereocenters. The molecular weight excluding hydrogens is 184 g/mol. The highest BCUT2D eigenvalue weighted by Crippen LogP contribution is 2.05. The van der Waals surface area contributed by atoms with Crippen LogP contribution in [0, 0.1) is 0 Å². The minimum absolute atomic E-state index is 0.384. The zero-order valence-electron chi connectivity index (χ0n) is 7.40. The number of hydrogen-bond donors (Lipinski definition) is 2. The van der Waals surface area contributed by atoms with Crippen LogP contribution in [0.25, 0.3) is 0 Å². The number of benzene rings is 1. The van der Waals surface area contributed by atoms with E-state index in [2.05, 4.69) is 16.1 Å². The van der Waals surface area contributed by atoms with E-state index >= 15 is 0 Å². The van der Waals surface area contributed by atoms with E-state index in [1.54, 1.807) is 24.3 Å². The zero-order chi connectivity index (χ0) is 10.4. The molecule has 0 aliphatic carbocycles. The highest BCUT2D eigenvalue weighted by Gasteiger charge is 2.09. The van der Waals surface area contributed by atoms with Crippen molar-refractivity contribution in [1.29, 1.82) is 0 Å². The Morgan fingerprint density at radius 1 is 1.29 bits per heavy atom. The molecule has 1 aromatic rings. The number of rotatable bonds is 3. The standard InChI is InChI=1S/C9H10N2O3/c10-14-9(13)6-8(12)11-7-4-2-1-3-5-7/h1-5H,6,10H2,(H,11,12). The molecule has 0 heterocycles. The summed E-state index contributed by atoms with van der Waals surface area (Å²) in [5, 5.41) is 2.51. The third kappa shape index (κ3) is 3.24. The normalized spacial score (nSPS) is 9.21. The third-order valence-electron chi connectivity index (χ3n) is 1.49. The molecule has 1 amide bonds. The highest BCUT2D eigenvalue weighted by atomic mass is 16.7. The lowest BCUT2D eigenvalue weighted by molar-refractivity contribution is -0.146. The summed E-state index contributed by atoms with van der Waals surface area (Å²) < 4.78 is 0. The second-order valence-electron chi connectivity index (χ2n) is 2.58. The number of anilines is 1. The summed E-state index contributed by atoms with van der Waals surface area (Å²) in [5.41, 5.74) is 0.627. The topological polar surface area (TPSA) is 81.4 Å².